The molecule has 0 saturated heterocycles. The van der Waals surface area contributed by atoms with Gasteiger partial charge in [0.1, 0.15) is 0 Å². The Morgan fingerprint density at radius 2 is 2.30 bits per heavy atom. The van der Waals surface area contributed by atoms with Gasteiger partial charge in [0.05, 0.1) is 30.1 Å². The Morgan fingerprint density at radius 1 is 1.45 bits per heavy atom. The second-order valence-corrected chi connectivity index (χ2v) is 6.20. The minimum Gasteiger partial charge on any atom is -0.378 e. The van der Waals surface area contributed by atoms with Gasteiger partial charge < -0.3 is 15.0 Å². The van der Waals surface area contributed by atoms with E-state index in [1.165, 1.54) is 4.88 Å². The fourth-order valence-corrected chi connectivity index (χ4v) is 3.33. The Hall–Kier alpha value is -1.02. The molecule has 0 fully saturated rings. The molecule has 0 bridgehead atoms. The molecule has 7 heteroatoms. The van der Waals surface area contributed by atoms with Gasteiger partial charge in [-0.3, -0.25) is 0 Å². The number of rotatable bonds is 8. The smallest absolute Gasteiger partial charge is 0.186 e. The molecule has 0 aliphatic rings. The van der Waals surface area contributed by atoms with Crippen LogP contribution < -0.4 is 10.2 Å². The molecular weight excluding hydrogens is 292 g/mol. The number of nitrogens with zero attached hydrogens (tertiary/aromatic N) is 3. The molecule has 1 N–H and O–H groups in total. The van der Waals surface area contributed by atoms with E-state index < -0.39 is 0 Å². The zero-order chi connectivity index (χ0) is 14.4. The molecule has 0 saturated carbocycles. The van der Waals surface area contributed by atoms with Crippen molar-refractivity contribution in [2.45, 2.75) is 26.6 Å². The topological polar surface area (TPSA) is 50.3 Å². The van der Waals surface area contributed by atoms with Crippen LogP contribution in [0.15, 0.2) is 10.9 Å². The maximum Gasteiger partial charge on any atom is 0.186 e. The molecule has 0 unspecified atom stereocenters. The van der Waals surface area contributed by atoms with Gasteiger partial charge in [-0.05, 0) is 6.54 Å². The quantitative estimate of drug-likeness (QED) is 0.811. The highest BCUT2D eigenvalue weighted by molar-refractivity contribution is 7.15. The molecule has 0 radical (unpaired) electrons. The van der Waals surface area contributed by atoms with Gasteiger partial charge in [-0.15, -0.1) is 22.7 Å². The number of anilines is 1. The normalized spacial score (nSPS) is 10.9. The molecule has 20 heavy (non-hydrogen) atoms. The summed E-state index contributed by atoms with van der Waals surface area (Å²) in [5.41, 5.74) is 3.96. The third-order valence-electron chi connectivity index (χ3n) is 2.79. The molecule has 0 aromatic carbocycles. The number of ether oxygens (including phenoxy) is 1. The lowest BCUT2D eigenvalue weighted by Crippen LogP contribution is -2.16. The standard InChI is InChI=1S/C13H20N4OS2/c1-4-14-5-12-11(7-18-3)16-13(20-12)17(2)6-10-8-19-9-15-10/h8-9,14H,4-7H2,1-3H3. The van der Waals surface area contributed by atoms with E-state index in [-0.39, 0.29) is 0 Å². The minimum atomic E-state index is 0.557. The highest BCUT2D eigenvalue weighted by atomic mass is 32.1. The van der Waals surface area contributed by atoms with Crippen molar-refractivity contribution >= 4 is 27.8 Å². The molecule has 2 rings (SSSR count). The molecule has 5 nitrogen and oxygen atoms in total. The van der Waals surface area contributed by atoms with Crippen molar-refractivity contribution in [1.82, 2.24) is 15.3 Å². The maximum atomic E-state index is 5.23. The average Bonchev–Trinajstić information content (AvgIpc) is 3.07. The second kappa shape index (κ2) is 7.68. The second-order valence-electron chi connectivity index (χ2n) is 4.42. The van der Waals surface area contributed by atoms with Crippen LogP contribution in [0.2, 0.25) is 0 Å². The van der Waals surface area contributed by atoms with E-state index in [2.05, 4.69) is 32.5 Å². The largest absolute Gasteiger partial charge is 0.378 e. The van der Waals surface area contributed by atoms with Gasteiger partial charge in [-0.1, -0.05) is 6.92 Å². The van der Waals surface area contributed by atoms with Crippen molar-refractivity contribution in [3.8, 4) is 0 Å². The van der Waals surface area contributed by atoms with E-state index in [1.54, 1.807) is 29.8 Å². The van der Waals surface area contributed by atoms with Crippen LogP contribution in [0.4, 0.5) is 5.13 Å². The van der Waals surface area contributed by atoms with Crippen LogP contribution >= 0.6 is 22.7 Å². The summed E-state index contributed by atoms with van der Waals surface area (Å²) >= 11 is 3.34. The number of thiazole rings is 2. The number of aromatic nitrogens is 2. The molecule has 0 spiro atoms. The van der Waals surface area contributed by atoms with Gasteiger partial charge >= 0.3 is 0 Å². The van der Waals surface area contributed by atoms with Crippen LogP contribution in [-0.2, 0) is 24.4 Å². The van der Waals surface area contributed by atoms with Crippen molar-refractivity contribution in [2.24, 2.45) is 0 Å². The molecular formula is C13H20N4OS2. The van der Waals surface area contributed by atoms with Gasteiger partial charge in [-0.2, -0.15) is 0 Å². The van der Waals surface area contributed by atoms with Gasteiger partial charge in [0.15, 0.2) is 5.13 Å². The highest BCUT2D eigenvalue weighted by Gasteiger charge is 2.14. The minimum absolute atomic E-state index is 0.557. The van der Waals surface area contributed by atoms with E-state index >= 15 is 0 Å². The van der Waals surface area contributed by atoms with Crippen LogP contribution in [0.25, 0.3) is 0 Å². The lowest BCUT2D eigenvalue weighted by molar-refractivity contribution is 0.181. The van der Waals surface area contributed by atoms with Gasteiger partial charge in [-0.25, -0.2) is 9.97 Å². The summed E-state index contributed by atoms with van der Waals surface area (Å²) in [4.78, 5) is 12.4. The summed E-state index contributed by atoms with van der Waals surface area (Å²) in [6.45, 7) is 5.24. The fourth-order valence-electron chi connectivity index (χ4n) is 1.79. The van der Waals surface area contributed by atoms with Gasteiger partial charge in [0, 0.05) is 31.0 Å². The zero-order valence-electron chi connectivity index (χ0n) is 12.0. The average molecular weight is 312 g/mol. The molecule has 2 heterocycles. The first-order chi connectivity index (χ1) is 9.74. The Bertz CT molecular complexity index is 512. The SMILES string of the molecule is CCNCc1sc(N(C)Cc2cscn2)nc1COC. The molecule has 0 amide bonds. The van der Waals surface area contributed by atoms with E-state index in [4.69, 9.17) is 4.74 Å². The Kier molecular flexibility index (Phi) is 5.90. The first-order valence-corrected chi connectivity index (χ1v) is 8.27. The monoisotopic (exact) mass is 312 g/mol. The van der Waals surface area contributed by atoms with Crippen LogP contribution in [0.1, 0.15) is 23.2 Å². The molecule has 110 valence electrons. The Morgan fingerprint density at radius 3 is 2.95 bits per heavy atom. The first kappa shape index (κ1) is 15.4. The number of methoxy groups -OCH3 is 1. The lowest BCUT2D eigenvalue weighted by Gasteiger charge is -2.13. The van der Waals surface area contributed by atoms with Crippen molar-refractivity contribution in [1.29, 1.82) is 0 Å². The van der Waals surface area contributed by atoms with Crippen LogP contribution in [0, 0.1) is 0 Å². The third kappa shape index (κ3) is 3.99. The molecule has 0 atom stereocenters. The lowest BCUT2D eigenvalue weighted by atomic mass is 10.3. The summed E-state index contributed by atoms with van der Waals surface area (Å²) in [6.07, 6.45) is 0. The third-order valence-corrected chi connectivity index (χ3v) is 4.64. The summed E-state index contributed by atoms with van der Waals surface area (Å²) < 4.78 is 5.23. The summed E-state index contributed by atoms with van der Waals surface area (Å²) in [7, 11) is 3.75. The maximum absolute atomic E-state index is 5.23. The van der Waals surface area contributed by atoms with Crippen LogP contribution in [-0.4, -0.2) is 30.7 Å². The molecule has 0 aliphatic heterocycles. The molecule has 2 aromatic heterocycles. The molecule has 2 aromatic rings. The van der Waals surface area contributed by atoms with Crippen molar-refractivity contribution in [2.75, 3.05) is 25.6 Å². The summed E-state index contributed by atoms with van der Waals surface area (Å²) in [5, 5.41) is 6.43. The predicted octanol–water partition coefficient (Wildman–Crippen LogP) is 2.49. The Labute approximate surface area is 127 Å². The fraction of sp³-hybridized carbons (Fsp3) is 0.538. The van der Waals surface area contributed by atoms with Gasteiger partial charge in [0.2, 0.25) is 0 Å². The van der Waals surface area contributed by atoms with Crippen LogP contribution in [0.5, 0.6) is 0 Å². The number of hydrogen-bond acceptors (Lipinski definition) is 7. The number of hydrogen-bond donors (Lipinski definition) is 1. The van der Waals surface area contributed by atoms with Crippen molar-refractivity contribution in [3.63, 3.8) is 0 Å². The first-order valence-electron chi connectivity index (χ1n) is 6.51. The van der Waals surface area contributed by atoms with Crippen molar-refractivity contribution < 1.29 is 4.74 Å². The predicted molar refractivity (Wildman–Crippen MR) is 84.4 cm³/mol. The van der Waals surface area contributed by atoms with E-state index in [9.17, 15) is 0 Å². The summed E-state index contributed by atoms with van der Waals surface area (Å²) in [5.74, 6) is 0. The van der Waals surface area contributed by atoms with E-state index in [0.717, 1.165) is 36.2 Å². The van der Waals surface area contributed by atoms with Crippen molar-refractivity contribution in [3.05, 3.63) is 27.2 Å². The van der Waals surface area contributed by atoms with Crippen LogP contribution in [0.3, 0.4) is 0 Å². The number of nitrogens with one attached hydrogen (secondary N) is 1. The highest BCUT2D eigenvalue weighted by Crippen LogP contribution is 2.27. The Balaban J connectivity index is 2.09. The van der Waals surface area contributed by atoms with Gasteiger partial charge in [0.25, 0.3) is 0 Å². The summed E-state index contributed by atoms with van der Waals surface area (Å²) in [6, 6.07) is 0. The zero-order valence-corrected chi connectivity index (χ0v) is 13.7. The van der Waals surface area contributed by atoms with E-state index in [0.29, 0.717) is 6.61 Å². The van der Waals surface area contributed by atoms with E-state index in [1.807, 2.05) is 12.6 Å². The molecule has 0 aliphatic carbocycles.